The Hall–Kier alpha value is -2.56. The third-order valence-electron chi connectivity index (χ3n) is 3.12. The molecule has 1 aromatic carbocycles. The predicted octanol–water partition coefficient (Wildman–Crippen LogP) is 2.73. The van der Waals surface area contributed by atoms with Gasteiger partial charge in [-0.25, -0.2) is 0 Å². The largest absolute Gasteiger partial charge is 0.339 e. The van der Waals surface area contributed by atoms with Crippen LogP contribution in [0.3, 0.4) is 0 Å². The first-order chi connectivity index (χ1) is 9.72. The van der Waals surface area contributed by atoms with Gasteiger partial charge in [0.05, 0.1) is 6.42 Å². The standard InChI is InChI=1S/C15H14N4O/c1-10-5-6-11(2)12(8-10)9-14-17-15(19-20-14)13-4-3-7-16-18-13/h3-8H,9H2,1-2H3. The summed E-state index contributed by atoms with van der Waals surface area (Å²) in [6.45, 7) is 4.15. The zero-order valence-corrected chi connectivity index (χ0v) is 11.4. The minimum atomic E-state index is 0.471. The second-order valence-corrected chi connectivity index (χ2v) is 4.73. The van der Waals surface area contributed by atoms with Gasteiger partial charge in [0.2, 0.25) is 11.7 Å². The molecule has 5 heteroatoms. The van der Waals surface area contributed by atoms with Crippen molar-refractivity contribution in [2.45, 2.75) is 20.3 Å². The number of aromatic nitrogens is 4. The Labute approximate surface area is 116 Å². The van der Waals surface area contributed by atoms with Gasteiger partial charge in [0.25, 0.3) is 0 Å². The van der Waals surface area contributed by atoms with Crippen molar-refractivity contribution in [2.75, 3.05) is 0 Å². The summed E-state index contributed by atoms with van der Waals surface area (Å²) in [6.07, 6.45) is 2.24. The van der Waals surface area contributed by atoms with E-state index in [0.717, 1.165) is 0 Å². The van der Waals surface area contributed by atoms with Crippen molar-refractivity contribution < 1.29 is 4.52 Å². The minimum absolute atomic E-state index is 0.471. The van der Waals surface area contributed by atoms with Crippen LogP contribution in [0, 0.1) is 13.8 Å². The lowest BCUT2D eigenvalue weighted by atomic mass is 10.0. The van der Waals surface area contributed by atoms with Crippen molar-refractivity contribution in [2.24, 2.45) is 0 Å². The van der Waals surface area contributed by atoms with Gasteiger partial charge >= 0.3 is 0 Å². The first-order valence-electron chi connectivity index (χ1n) is 6.39. The van der Waals surface area contributed by atoms with Crippen molar-refractivity contribution in [3.63, 3.8) is 0 Å². The van der Waals surface area contributed by atoms with Crippen molar-refractivity contribution in [1.29, 1.82) is 0 Å². The maximum Gasteiger partial charge on any atom is 0.231 e. The molecule has 5 nitrogen and oxygen atoms in total. The molecule has 20 heavy (non-hydrogen) atoms. The van der Waals surface area contributed by atoms with Crippen molar-refractivity contribution in [1.82, 2.24) is 20.3 Å². The minimum Gasteiger partial charge on any atom is -0.339 e. The van der Waals surface area contributed by atoms with E-state index in [0.29, 0.717) is 23.8 Å². The molecule has 0 unspecified atom stereocenters. The molecule has 0 aliphatic carbocycles. The van der Waals surface area contributed by atoms with Crippen LogP contribution in [0.4, 0.5) is 0 Å². The molecule has 0 atom stereocenters. The van der Waals surface area contributed by atoms with Crippen LogP contribution in [0.5, 0.6) is 0 Å². The number of aryl methyl sites for hydroxylation is 2. The van der Waals surface area contributed by atoms with Crippen LogP contribution in [0.1, 0.15) is 22.6 Å². The molecule has 0 saturated carbocycles. The van der Waals surface area contributed by atoms with Crippen LogP contribution in [0.15, 0.2) is 41.1 Å². The second-order valence-electron chi connectivity index (χ2n) is 4.73. The highest BCUT2D eigenvalue weighted by atomic mass is 16.5. The van der Waals surface area contributed by atoms with Crippen LogP contribution in [-0.2, 0) is 6.42 Å². The van der Waals surface area contributed by atoms with E-state index >= 15 is 0 Å². The first-order valence-corrected chi connectivity index (χ1v) is 6.39. The average Bonchev–Trinajstić information content (AvgIpc) is 2.92. The monoisotopic (exact) mass is 266 g/mol. The van der Waals surface area contributed by atoms with E-state index in [1.807, 2.05) is 0 Å². The Kier molecular flexibility index (Phi) is 3.25. The number of benzene rings is 1. The maximum absolute atomic E-state index is 5.29. The fraction of sp³-hybridized carbons (Fsp3) is 0.200. The van der Waals surface area contributed by atoms with Crippen molar-refractivity contribution >= 4 is 0 Å². The molecule has 0 radical (unpaired) electrons. The van der Waals surface area contributed by atoms with Gasteiger partial charge in [-0.3, -0.25) is 0 Å². The number of nitrogens with zero attached hydrogens (tertiary/aromatic N) is 4. The van der Waals surface area contributed by atoms with Crippen LogP contribution in [-0.4, -0.2) is 20.3 Å². The number of rotatable bonds is 3. The Morgan fingerprint density at radius 1 is 1.15 bits per heavy atom. The van der Waals surface area contributed by atoms with Gasteiger partial charge in [-0.2, -0.15) is 10.1 Å². The normalized spacial score (nSPS) is 10.7. The number of hydrogen-bond donors (Lipinski definition) is 0. The van der Waals surface area contributed by atoms with Gasteiger partial charge in [-0.05, 0) is 37.1 Å². The van der Waals surface area contributed by atoms with Gasteiger partial charge in [0, 0.05) is 6.20 Å². The highest BCUT2D eigenvalue weighted by Gasteiger charge is 2.11. The second kappa shape index (κ2) is 5.21. The molecule has 0 aliphatic heterocycles. The van der Waals surface area contributed by atoms with E-state index in [1.54, 1.807) is 18.3 Å². The van der Waals surface area contributed by atoms with Crippen LogP contribution in [0.25, 0.3) is 11.5 Å². The summed E-state index contributed by atoms with van der Waals surface area (Å²) in [5.41, 5.74) is 4.25. The topological polar surface area (TPSA) is 64.7 Å². The molecule has 3 rings (SSSR count). The molecule has 0 N–H and O–H groups in total. The molecule has 0 amide bonds. The van der Waals surface area contributed by atoms with Crippen LogP contribution in [0.2, 0.25) is 0 Å². The van der Waals surface area contributed by atoms with Crippen LogP contribution < -0.4 is 0 Å². The summed E-state index contributed by atoms with van der Waals surface area (Å²) in [5, 5.41) is 11.7. The van der Waals surface area contributed by atoms with E-state index in [-0.39, 0.29) is 0 Å². The Bertz CT molecular complexity index is 722. The van der Waals surface area contributed by atoms with E-state index in [1.165, 1.54) is 16.7 Å². The van der Waals surface area contributed by atoms with Gasteiger partial charge in [-0.15, -0.1) is 5.10 Å². The molecule has 100 valence electrons. The van der Waals surface area contributed by atoms with E-state index in [9.17, 15) is 0 Å². The molecule has 2 heterocycles. The Morgan fingerprint density at radius 3 is 2.85 bits per heavy atom. The first kappa shape index (κ1) is 12.5. The lowest BCUT2D eigenvalue weighted by Gasteiger charge is -2.03. The Morgan fingerprint density at radius 2 is 2.05 bits per heavy atom. The third-order valence-corrected chi connectivity index (χ3v) is 3.12. The molecule has 3 aromatic rings. The molecule has 0 spiro atoms. The molecule has 0 fully saturated rings. The summed E-state index contributed by atoms with van der Waals surface area (Å²) < 4.78 is 5.29. The van der Waals surface area contributed by atoms with E-state index in [2.05, 4.69) is 52.4 Å². The van der Waals surface area contributed by atoms with E-state index in [4.69, 9.17) is 4.52 Å². The maximum atomic E-state index is 5.29. The van der Waals surface area contributed by atoms with Gasteiger partial charge < -0.3 is 4.52 Å². The summed E-state index contributed by atoms with van der Waals surface area (Å²) in [7, 11) is 0. The third kappa shape index (κ3) is 2.56. The quantitative estimate of drug-likeness (QED) is 0.729. The summed E-state index contributed by atoms with van der Waals surface area (Å²) in [6, 6.07) is 9.94. The zero-order valence-electron chi connectivity index (χ0n) is 11.4. The average molecular weight is 266 g/mol. The highest BCUT2D eigenvalue weighted by Crippen LogP contribution is 2.17. The summed E-state index contributed by atoms with van der Waals surface area (Å²) in [5.74, 6) is 1.05. The summed E-state index contributed by atoms with van der Waals surface area (Å²) >= 11 is 0. The molecule has 0 aliphatic rings. The summed E-state index contributed by atoms with van der Waals surface area (Å²) in [4.78, 5) is 4.37. The Balaban J connectivity index is 1.86. The molecule has 0 bridgehead atoms. The SMILES string of the molecule is Cc1ccc(C)c(Cc2nc(-c3cccnn3)no2)c1. The van der Waals surface area contributed by atoms with Crippen LogP contribution >= 0.6 is 0 Å². The smallest absolute Gasteiger partial charge is 0.231 e. The lowest BCUT2D eigenvalue weighted by molar-refractivity contribution is 0.385. The fourth-order valence-electron chi connectivity index (χ4n) is 2.01. The number of hydrogen-bond acceptors (Lipinski definition) is 5. The predicted molar refractivity (Wildman–Crippen MR) is 74.0 cm³/mol. The van der Waals surface area contributed by atoms with Crippen molar-refractivity contribution in [3.8, 4) is 11.5 Å². The molecule has 0 saturated heterocycles. The highest BCUT2D eigenvalue weighted by molar-refractivity contribution is 5.46. The van der Waals surface area contributed by atoms with E-state index < -0.39 is 0 Å². The zero-order chi connectivity index (χ0) is 13.9. The van der Waals surface area contributed by atoms with Gasteiger partial charge in [-0.1, -0.05) is 28.9 Å². The fourth-order valence-corrected chi connectivity index (χ4v) is 2.01. The lowest BCUT2D eigenvalue weighted by Crippen LogP contribution is -1.93. The molecular weight excluding hydrogens is 252 g/mol. The van der Waals surface area contributed by atoms with Crippen molar-refractivity contribution in [3.05, 3.63) is 59.1 Å². The van der Waals surface area contributed by atoms with Gasteiger partial charge in [0.15, 0.2) is 0 Å². The van der Waals surface area contributed by atoms with Gasteiger partial charge in [0.1, 0.15) is 5.69 Å². The molecule has 2 aromatic heterocycles. The molecular formula is C15H14N4O.